The highest BCUT2D eigenvalue weighted by Gasteiger charge is 2.13. The van der Waals surface area contributed by atoms with Crippen LogP contribution < -0.4 is 10.4 Å². The van der Waals surface area contributed by atoms with Crippen LogP contribution in [0.5, 0.6) is 11.6 Å². The number of fused-ring (bicyclic) bond motifs is 2. The van der Waals surface area contributed by atoms with Crippen molar-refractivity contribution in [1.29, 1.82) is 0 Å². The molecule has 0 unspecified atom stereocenters. The van der Waals surface area contributed by atoms with E-state index in [1.54, 1.807) is 12.1 Å². The number of ether oxygens (including phenoxy) is 1. The number of hydrogen-bond acceptors (Lipinski definition) is 5. The van der Waals surface area contributed by atoms with Crippen molar-refractivity contribution in [3.8, 4) is 22.9 Å². The molecule has 2 aromatic heterocycles. The molecular formula is C25H18N2O3. The molecule has 30 heavy (non-hydrogen) atoms. The molecule has 5 aromatic rings. The van der Waals surface area contributed by atoms with Crippen molar-refractivity contribution in [1.82, 2.24) is 10.2 Å². The highest BCUT2D eigenvalue weighted by Crippen LogP contribution is 2.34. The van der Waals surface area contributed by atoms with Crippen LogP contribution in [0.15, 0.2) is 82.0 Å². The molecule has 146 valence electrons. The van der Waals surface area contributed by atoms with Gasteiger partial charge in [0.15, 0.2) is 0 Å². The molecule has 3 aromatic carbocycles. The lowest BCUT2D eigenvalue weighted by molar-refractivity contribution is 0.460. The topological polar surface area (TPSA) is 65.2 Å². The molecule has 0 fully saturated rings. The molecule has 5 nitrogen and oxygen atoms in total. The van der Waals surface area contributed by atoms with Crippen molar-refractivity contribution >= 4 is 21.7 Å². The lowest BCUT2D eigenvalue weighted by Gasteiger charge is -2.11. The van der Waals surface area contributed by atoms with Gasteiger partial charge in [-0.1, -0.05) is 30.3 Å². The summed E-state index contributed by atoms with van der Waals surface area (Å²) < 4.78 is 11.3. The highest BCUT2D eigenvalue weighted by molar-refractivity contribution is 5.97. The first kappa shape index (κ1) is 18.1. The summed E-state index contributed by atoms with van der Waals surface area (Å²) in [5, 5.41) is 11.5. The van der Waals surface area contributed by atoms with E-state index < -0.39 is 5.63 Å². The fourth-order valence-electron chi connectivity index (χ4n) is 3.47. The van der Waals surface area contributed by atoms with Crippen LogP contribution in [0.25, 0.3) is 33.0 Å². The molecule has 0 aliphatic heterocycles. The zero-order valence-electron chi connectivity index (χ0n) is 16.5. The predicted molar refractivity (Wildman–Crippen MR) is 117 cm³/mol. The third-order valence-corrected chi connectivity index (χ3v) is 5.24. The van der Waals surface area contributed by atoms with E-state index in [1.807, 2.05) is 36.4 Å². The molecule has 0 aliphatic carbocycles. The Morgan fingerprint density at radius 2 is 1.60 bits per heavy atom. The fourth-order valence-corrected chi connectivity index (χ4v) is 3.47. The Morgan fingerprint density at radius 3 is 2.43 bits per heavy atom. The summed E-state index contributed by atoms with van der Waals surface area (Å²) in [6.07, 6.45) is 0. The van der Waals surface area contributed by atoms with Crippen LogP contribution in [0.4, 0.5) is 0 Å². The maximum absolute atomic E-state index is 11.5. The zero-order chi connectivity index (χ0) is 20.7. The van der Waals surface area contributed by atoms with Gasteiger partial charge in [-0.15, -0.1) is 10.2 Å². The zero-order valence-corrected chi connectivity index (χ0v) is 16.5. The number of benzene rings is 3. The Kier molecular flexibility index (Phi) is 4.29. The number of aryl methyl sites for hydroxylation is 2. The molecule has 0 radical (unpaired) electrons. The molecule has 0 saturated carbocycles. The van der Waals surface area contributed by atoms with Crippen LogP contribution >= 0.6 is 0 Å². The van der Waals surface area contributed by atoms with Crippen LogP contribution in [0.3, 0.4) is 0 Å². The minimum atomic E-state index is -0.400. The van der Waals surface area contributed by atoms with E-state index in [1.165, 1.54) is 17.2 Å². The second-order valence-electron chi connectivity index (χ2n) is 7.25. The quantitative estimate of drug-likeness (QED) is 0.361. The van der Waals surface area contributed by atoms with Crippen LogP contribution in [0, 0.1) is 13.8 Å². The van der Waals surface area contributed by atoms with Gasteiger partial charge in [0.05, 0.1) is 0 Å². The summed E-state index contributed by atoms with van der Waals surface area (Å²) in [7, 11) is 0. The summed E-state index contributed by atoms with van der Waals surface area (Å²) in [6, 6.07) is 22.6. The van der Waals surface area contributed by atoms with Gasteiger partial charge >= 0.3 is 5.63 Å². The molecule has 2 heterocycles. The van der Waals surface area contributed by atoms with Gasteiger partial charge in [0, 0.05) is 33.9 Å². The van der Waals surface area contributed by atoms with Gasteiger partial charge in [-0.05, 0) is 55.3 Å². The van der Waals surface area contributed by atoms with E-state index in [4.69, 9.17) is 9.15 Å². The van der Waals surface area contributed by atoms with E-state index in [0.29, 0.717) is 17.2 Å². The molecule has 0 atom stereocenters. The molecule has 0 saturated heterocycles. The molecule has 5 heteroatoms. The molecule has 0 spiro atoms. The monoisotopic (exact) mass is 394 g/mol. The van der Waals surface area contributed by atoms with Gasteiger partial charge in [-0.2, -0.15) is 0 Å². The van der Waals surface area contributed by atoms with Gasteiger partial charge in [0.1, 0.15) is 17.0 Å². The lowest BCUT2D eigenvalue weighted by Crippen LogP contribution is -1.97. The highest BCUT2D eigenvalue weighted by atomic mass is 16.5. The average Bonchev–Trinajstić information content (AvgIpc) is 2.76. The Balaban J connectivity index is 1.61. The third-order valence-electron chi connectivity index (χ3n) is 5.24. The first-order valence-corrected chi connectivity index (χ1v) is 9.63. The largest absolute Gasteiger partial charge is 0.437 e. The first-order valence-electron chi connectivity index (χ1n) is 9.63. The van der Waals surface area contributed by atoms with Crippen molar-refractivity contribution in [3.05, 3.63) is 94.3 Å². The minimum Gasteiger partial charge on any atom is -0.437 e. The number of nitrogens with zero attached hydrogens (tertiary/aromatic N) is 2. The van der Waals surface area contributed by atoms with Gasteiger partial charge < -0.3 is 9.15 Å². The van der Waals surface area contributed by atoms with Gasteiger partial charge in [-0.3, -0.25) is 0 Å². The Labute approximate surface area is 172 Å². The SMILES string of the molecule is Cc1ccc(-c2nnc(Oc3ccc4ccc(=O)oc4c3)c3ccccc23)cc1C. The van der Waals surface area contributed by atoms with Crippen molar-refractivity contribution in [2.24, 2.45) is 0 Å². The smallest absolute Gasteiger partial charge is 0.336 e. The number of rotatable bonds is 3. The lowest BCUT2D eigenvalue weighted by atomic mass is 10.0. The maximum atomic E-state index is 11.5. The fraction of sp³-hybridized carbons (Fsp3) is 0.0800. The second kappa shape index (κ2) is 7.12. The Morgan fingerprint density at radius 1 is 0.800 bits per heavy atom. The summed E-state index contributed by atoms with van der Waals surface area (Å²) in [5.74, 6) is 0.922. The van der Waals surface area contributed by atoms with Gasteiger partial charge in [0.2, 0.25) is 5.88 Å². The van der Waals surface area contributed by atoms with Gasteiger partial charge in [-0.25, -0.2) is 4.79 Å². The Bertz CT molecular complexity index is 1470. The molecule has 0 bridgehead atoms. The minimum absolute atomic E-state index is 0.399. The second-order valence-corrected chi connectivity index (χ2v) is 7.25. The predicted octanol–water partition coefficient (Wildman–Crippen LogP) is 5.81. The standard InChI is InChI=1S/C25H18N2O3/c1-15-7-8-18(13-16(15)2)24-20-5-3-4-6-21(20)25(27-26-24)29-19-11-9-17-10-12-23(28)30-22(17)14-19/h3-14H,1-2H3. The van der Waals surface area contributed by atoms with Crippen molar-refractivity contribution in [2.75, 3.05) is 0 Å². The summed E-state index contributed by atoms with van der Waals surface area (Å²) in [4.78, 5) is 11.5. The van der Waals surface area contributed by atoms with E-state index in [2.05, 4.69) is 42.2 Å². The van der Waals surface area contributed by atoms with Crippen molar-refractivity contribution in [3.63, 3.8) is 0 Å². The summed E-state index contributed by atoms with van der Waals surface area (Å²) >= 11 is 0. The van der Waals surface area contributed by atoms with E-state index in [9.17, 15) is 4.79 Å². The molecular weight excluding hydrogens is 376 g/mol. The van der Waals surface area contributed by atoms with E-state index in [-0.39, 0.29) is 0 Å². The van der Waals surface area contributed by atoms with E-state index >= 15 is 0 Å². The summed E-state index contributed by atoms with van der Waals surface area (Å²) in [6.45, 7) is 4.18. The van der Waals surface area contributed by atoms with Crippen molar-refractivity contribution in [2.45, 2.75) is 13.8 Å². The number of aromatic nitrogens is 2. The number of hydrogen-bond donors (Lipinski definition) is 0. The van der Waals surface area contributed by atoms with Crippen LogP contribution in [-0.4, -0.2) is 10.2 Å². The molecule has 0 amide bonds. The van der Waals surface area contributed by atoms with E-state index in [0.717, 1.165) is 27.4 Å². The Hall–Kier alpha value is -3.99. The van der Waals surface area contributed by atoms with Crippen LogP contribution in [0.2, 0.25) is 0 Å². The summed E-state index contributed by atoms with van der Waals surface area (Å²) in [5.41, 5.74) is 4.33. The third kappa shape index (κ3) is 3.20. The molecule has 0 N–H and O–H groups in total. The molecule has 0 aliphatic rings. The average molecular weight is 394 g/mol. The normalized spacial score (nSPS) is 11.1. The van der Waals surface area contributed by atoms with Gasteiger partial charge in [0.25, 0.3) is 0 Å². The van der Waals surface area contributed by atoms with Crippen molar-refractivity contribution < 1.29 is 9.15 Å². The van der Waals surface area contributed by atoms with Crippen LogP contribution in [-0.2, 0) is 0 Å². The van der Waals surface area contributed by atoms with Crippen LogP contribution in [0.1, 0.15) is 11.1 Å². The molecule has 5 rings (SSSR count). The first-order chi connectivity index (χ1) is 14.6. The maximum Gasteiger partial charge on any atom is 0.336 e.